The number of carbonyl (C=O) groups is 1. The lowest BCUT2D eigenvalue weighted by molar-refractivity contribution is -0.137. The molecule has 2 aromatic rings. The van der Waals surface area contributed by atoms with E-state index < -0.39 is 11.7 Å². The van der Waals surface area contributed by atoms with Gasteiger partial charge in [0.15, 0.2) is 0 Å². The molecular formula is C25H31F3N2O3. The Morgan fingerprint density at radius 2 is 2.00 bits per heavy atom. The number of morpholine rings is 1. The van der Waals surface area contributed by atoms with Crippen molar-refractivity contribution in [1.82, 2.24) is 9.80 Å². The second-order valence-corrected chi connectivity index (χ2v) is 8.34. The average molecular weight is 465 g/mol. The summed E-state index contributed by atoms with van der Waals surface area (Å²) in [4.78, 5) is 17.3. The Labute approximate surface area is 193 Å². The molecule has 0 aliphatic carbocycles. The fourth-order valence-electron chi connectivity index (χ4n) is 4.02. The molecule has 0 radical (unpaired) electrons. The summed E-state index contributed by atoms with van der Waals surface area (Å²) in [5.74, 6) is 0.395. The molecule has 2 aromatic carbocycles. The highest BCUT2D eigenvalue weighted by Gasteiger charge is 2.31. The summed E-state index contributed by atoms with van der Waals surface area (Å²) in [6.45, 7) is 6.42. The van der Waals surface area contributed by atoms with Gasteiger partial charge in [0, 0.05) is 32.2 Å². The molecule has 5 nitrogen and oxygen atoms in total. The van der Waals surface area contributed by atoms with Gasteiger partial charge in [-0.15, -0.1) is 0 Å². The number of nitrogens with zero attached hydrogens (tertiary/aromatic N) is 2. The van der Waals surface area contributed by atoms with Crippen molar-refractivity contribution in [2.45, 2.75) is 45.1 Å². The number of rotatable bonds is 8. The minimum atomic E-state index is -4.36. The van der Waals surface area contributed by atoms with Gasteiger partial charge in [-0.1, -0.05) is 37.3 Å². The van der Waals surface area contributed by atoms with Gasteiger partial charge in [-0.2, -0.15) is 13.2 Å². The number of para-hydroxylation sites is 1. The lowest BCUT2D eigenvalue weighted by Gasteiger charge is -2.38. The number of carbonyl (C=O) groups excluding carboxylic acids is 1. The summed E-state index contributed by atoms with van der Waals surface area (Å²) in [5.41, 5.74) is 0.460. The van der Waals surface area contributed by atoms with Gasteiger partial charge in [-0.05, 0) is 37.1 Å². The van der Waals surface area contributed by atoms with Gasteiger partial charge in [0.25, 0.3) is 5.91 Å². The Hall–Kier alpha value is -2.58. The van der Waals surface area contributed by atoms with Gasteiger partial charge in [-0.3, -0.25) is 9.69 Å². The van der Waals surface area contributed by atoms with E-state index in [4.69, 9.17) is 9.47 Å². The number of benzene rings is 2. The molecule has 0 bridgehead atoms. The van der Waals surface area contributed by atoms with Crippen LogP contribution < -0.4 is 4.74 Å². The van der Waals surface area contributed by atoms with Crippen molar-refractivity contribution in [3.63, 3.8) is 0 Å². The fraction of sp³-hybridized carbons (Fsp3) is 0.480. The molecule has 8 heteroatoms. The average Bonchev–Trinajstić information content (AvgIpc) is 2.81. The molecule has 33 heavy (non-hydrogen) atoms. The molecule has 1 aliphatic rings. The summed E-state index contributed by atoms with van der Waals surface area (Å²) in [5, 5.41) is 0. The van der Waals surface area contributed by atoms with E-state index >= 15 is 0 Å². The summed E-state index contributed by atoms with van der Waals surface area (Å²) < 4.78 is 50.5. The van der Waals surface area contributed by atoms with Crippen molar-refractivity contribution >= 4 is 5.91 Å². The first-order chi connectivity index (χ1) is 15.7. The van der Waals surface area contributed by atoms with Crippen LogP contribution in [0, 0.1) is 0 Å². The minimum absolute atomic E-state index is 0.00939. The Kier molecular flexibility index (Phi) is 8.37. The molecule has 2 atom stereocenters. The number of ether oxygens (including phenoxy) is 2. The predicted octanol–water partition coefficient (Wildman–Crippen LogP) is 4.86. The summed E-state index contributed by atoms with van der Waals surface area (Å²) in [6, 6.07) is 12.5. The molecule has 3 rings (SSSR count). The zero-order valence-corrected chi connectivity index (χ0v) is 19.3. The third-order valence-corrected chi connectivity index (χ3v) is 6.00. The summed E-state index contributed by atoms with van der Waals surface area (Å²) >= 11 is 0. The standard InChI is InChI=1S/C25H31F3N2O3/c1-4-18(2)30(24(31)22-10-5-6-11-23(22)32-3)17-21-16-29(12-13-33-21)15-19-8-7-9-20(14-19)25(26,27)28/h5-11,14,18,21H,4,12-13,15-17H2,1-3H3. The van der Waals surface area contributed by atoms with Crippen LogP contribution in [0.2, 0.25) is 0 Å². The molecule has 1 aliphatic heterocycles. The first-order valence-corrected chi connectivity index (χ1v) is 11.2. The Balaban J connectivity index is 1.71. The molecule has 0 spiro atoms. The van der Waals surface area contributed by atoms with Crippen molar-refractivity contribution < 1.29 is 27.4 Å². The highest BCUT2D eigenvalue weighted by molar-refractivity contribution is 5.97. The monoisotopic (exact) mass is 464 g/mol. The van der Waals surface area contributed by atoms with E-state index in [9.17, 15) is 18.0 Å². The number of methoxy groups -OCH3 is 1. The van der Waals surface area contributed by atoms with Crippen molar-refractivity contribution in [1.29, 1.82) is 0 Å². The lowest BCUT2D eigenvalue weighted by Crippen LogP contribution is -2.50. The van der Waals surface area contributed by atoms with Gasteiger partial charge in [0.05, 0.1) is 30.9 Å². The SMILES string of the molecule is CCC(C)N(CC1CN(Cc2cccc(C(F)(F)F)c2)CCO1)C(=O)c1ccccc1OC. The minimum Gasteiger partial charge on any atom is -0.496 e. The number of amides is 1. The number of alkyl halides is 3. The number of hydrogen-bond donors (Lipinski definition) is 0. The molecule has 0 saturated carbocycles. The van der Waals surface area contributed by atoms with Crippen molar-refractivity contribution in [3.05, 3.63) is 65.2 Å². The molecule has 1 fully saturated rings. The fourth-order valence-corrected chi connectivity index (χ4v) is 4.02. The zero-order chi connectivity index (χ0) is 24.0. The van der Waals surface area contributed by atoms with Crippen LogP contribution >= 0.6 is 0 Å². The van der Waals surface area contributed by atoms with E-state index in [1.807, 2.05) is 19.9 Å². The largest absolute Gasteiger partial charge is 0.496 e. The van der Waals surface area contributed by atoms with Crippen molar-refractivity contribution in [3.8, 4) is 5.75 Å². The van der Waals surface area contributed by atoms with E-state index in [0.717, 1.165) is 12.5 Å². The third kappa shape index (κ3) is 6.48. The van der Waals surface area contributed by atoms with E-state index in [2.05, 4.69) is 4.90 Å². The quantitative estimate of drug-likeness (QED) is 0.560. The summed E-state index contributed by atoms with van der Waals surface area (Å²) in [7, 11) is 1.54. The molecule has 1 amide bonds. The van der Waals surface area contributed by atoms with Crippen LogP contribution in [0.3, 0.4) is 0 Å². The molecule has 0 N–H and O–H groups in total. The molecular weight excluding hydrogens is 433 g/mol. The number of hydrogen-bond acceptors (Lipinski definition) is 4. The van der Waals surface area contributed by atoms with E-state index in [1.54, 1.807) is 29.2 Å². The third-order valence-electron chi connectivity index (χ3n) is 6.00. The molecule has 0 aromatic heterocycles. The first kappa shape index (κ1) is 25.1. The van der Waals surface area contributed by atoms with Gasteiger partial charge in [-0.25, -0.2) is 0 Å². The number of halogens is 3. The predicted molar refractivity (Wildman–Crippen MR) is 120 cm³/mol. The van der Waals surface area contributed by atoms with Crippen LogP contribution in [0.1, 0.15) is 41.8 Å². The maximum Gasteiger partial charge on any atom is 0.416 e. The Morgan fingerprint density at radius 3 is 2.70 bits per heavy atom. The van der Waals surface area contributed by atoms with Gasteiger partial charge in [0.2, 0.25) is 0 Å². The highest BCUT2D eigenvalue weighted by Crippen LogP contribution is 2.30. The van der Waals surface area contributed by atoms with Crippen LogP contribution in [0.15, 0.2) is 48.5 Å². The first-order valence-electron chi connectivity index (χ1n) is 11.2. The molecule has 2 unspecified atom stereocenters. The van der Waals surface area contributed by atoms with Crippen molar-refractivity contribution in [2.75, 3.05) is 33.4 Å². The van der Waals surface area contributed by atoms with E-state index in [-0.39, 0.29) is 18.1 Å². The Morgan fingerprint density at radius 1 is 1.24 bits per heavy atom. The normalized spacial score (nSPS) is 18.1. The molecule has 1 heterocycles. The van der Waals surface area contributed by atoms with Gasteiger partial charge in [0.1, 0.15) is 5.75 Å². The van der Waals surface area contributed by atoms with E-state index in [1.165, 1.54) is 19.2 Å². The zero-order valence-electron chi connectivity index (χ0n) is 19.3. The lowest BCUT2D eigenvalue weighted by atomic mass is 10.1. The summed E-state index contributed by atoms with van der Waals surface area (Å²) in [6.07, 6.45) is -3.82. The van der Waals surface area contributed by atoms with Crippen LogP contribution in [-0.2, 0) is 17.5 Å². The molecule has 1 saturated heterocycles. The highest BCUT2D eigenvalue weighted by atomic mass is 19.4. The topological polar surface area (TPSA) is 42.0 Å². The smallest absolute Gasteiger partial charge is 0.416 e. The molecule has 180 valence electrons. The Bertz CT molecular complexity index is 935. The van der Waals surface area contributed by atoms with E-state index in [0.29, 0.717) is 49.7 Å². The van der Waals surface area contributed by atoms with Crippen LogP contribution in [0.25, 0.3) is 0 Å². The van der Waals surface area contributed by atoms with Crippen LogP contribution in [-0.4, -0.2) is 61.2 Å². The maximum atomic E-state index is 13.4. The van der Waals surface area contributed by atoms with Crippen molar-refractivity contribution in [2.24, 2.45) is 0 Å². The van der Waals surface area contributed by atoms with Gasteiger partial charge < -0.3 is 14.4 Å². The van der Waals surface area contributed by atoms with Crippen LogP contribution in [0.5, 0.6) is 5.75 Å². The second-order valence-electron chi connectivity index (χ2n) is 8.34. The van der Waals surface area contributed by atoms with Crippen LogP contribution in [0.4, 0.5) is 13.2 Å². The second kappa shape index (κ2) is 11.0. The van der Waals surface area contributed by atoms with Gasteiger partial charge >= 0.3 is 6.18 Å². The maximum absolute atomic E-state index is 13.4.